The lowest BCUT2D eigenvalue weighted by Crippen LogP contribution is -2.46. The molecule has 22 heavy (non-hydrogen) atoms. The van der Waals surface area contributed by atoms with Crippen molar-refractivity contribution in [3.8, 4) is 0 Å². The summed E-state index contributed by atoms with van der Waals surface area (Å²) in [5.74, 6) is -1.77. The largest absolute Gasteiger partial charge is 0.369 e. The van der Waals surface area contributed by atoms with Crippen LogP contribution in [0.2, 0.25) is 0 Å². The number of benzene rings is 1. The first-order chi connectivity index (χ1) is 10.5. The van der Waals surface area contributed by atoms with Crippen LogP contribution in [0.3, 0.4) is 0 Å². The van der Waals surface area contributed by atoms with E-state index in [0.29, 0.717) is 31.6 Å². The monoisotopic (exact) mass is 321 g/mol. The highest BCUT2D eigenvalue weighted by atomic mass is 32.2. The van der Waals surface area contributed by atoms with Crippen LogP contribution >= 0.6 is 11.8 Å². The zero-order chi connectivity index (χ0) is 16.1. The molecule has 0 radical (unpaired) electrons. The summed E-state index contributed by atoms with van der Waals surface area (Å²) in [5, 5.41) is 2.61. The summed E-state index contributed by atoms with van der Waals surface area (Å²) in [6.07, 6.45) is 2.96. The molecule has 3 amide bonds. The minimum absolute atomic E-state index is 0.203. The van der Waals surface area contributed by atoms with Gasteiger partial charge in [0.1, 0.15) is 0 Å². The third kappa shape index (κ3) is 4.00. The summed E-state index contributed by atoms with van der Waals surface area (Å²) in [4.78, 5) is 37.7. The smallest absolute Gasteiger partial charge is 0.313 e. The van der Waals surface area contributed by atoms with Crippen molar-refractivity contribution in [2.75, 3.05) is 24.7 Å². The Morgan fingerprint density at radius 3 is 2.55 bits per heavy atom. The third-order valence-electron chi connectivity index (χ3n) is 3.71. The molecule has 1 aliphatic heterocycles. The number of amides is 3. The van der Waals surface area contributed by atoms with E-state index in [2.05, 4.69) is 5.32 Å². The van der Waals surface area contributed by atoms with E-state index in [9.17, 15) is 14.4 Å². The average Bonchev–Trinajstić information content (AvgIpc) is 2.54. The quantitative estimate of drug-likeness (QED) is 0.643. The zero-order valence-electron chi connectivity index (χ0n) is 12.4. The second-order valence-electron chi connectivity index (χ2n) is 5.15. The fraction of sp³-hybridized carbons (Fsp3) is 0.400. The minimum atomic E-state index is -0.657. The lowest BCUT2D eigenvalue weighted by Gasteiger charge is -2.29. The maximum atomic E-state index is 12.1. The Morgan fingerprint density at radius 2 is 1.95 bits per heavy atom. The number of nitrogens with two attached hydrogens (primary N) is 1. The van der Waals surface area contributed by atoms with Gasteiger partial charge in [0.05, 0.1) is 0 Å². The topological polar surface area (TPSA) is 92.5 Å². The van der Waals surface area contributed by atoms with Crippen molar-refractivity contribution in [2.45, 2.75) is 17.7 Å². The fourth-order valence-corrected chi connectivity index (χ4v) is 2.86. The van der Waals surface area contributed by atoms with Crippen molar-refractivity contribution in [1.82, 2.24) is 4.90 Å². The molecule has 2 rings (SSSR count). The van der Waals surface area contributed by atoms with Crippen LogP contribution in [-0.4, -0.2) is 42.0 Å². The number of anilines is 1. The number of thioether (sulfide) groups is 1. The van der Waals surface area contributed by atoms with E-state index in [4.69, 9.17) is 5.73 Å². The maximum Gasteiger partial charge on any atom is 0.313 e. The second kappa shape index (κ2) is 7.31. The Labute approximate surface area is 133 Å². The number of likely N-dealkylation sites (tertiary alicyclic amines) is 1. The Balaban J connectivity index is 1.92. The van der Waals surface area contributed by atoms with Gasteiger partial charge >= 0.3 is 11.8 Å². The third-order valence-corrected chi connectivity index (χ3v) is 4.43. The van der Waals surface area contributed by atoms with Crippen LogP contribution in [0.1, 0.15) is 12.8 Å². The number of carbonyl (C=O) groups excluding carboxylic acids is 3. The molecule has 1 aliphatic rings. The molecule has 0 bridgehead atoms. The van der Waals surface area contributed by atoms with Crippen molar-refractivity contribution in [3.05, 3.63) is 24.3 Å². The van der Waals surface area contributed by atoms with Gasteiger partial charge in [0.25, 0.3) is 0 Å². The molecule has 0 unspecified atom stereocenters. The van der Waals surface area contributed by atoms with Crippen LogP contribution in [-0.2, 0) is 14.4 Å². The predicted octanol–water partition coefficient (Wildman–Crippen LogP) is 1.07. The number of hydrogen-bond acceptors (Lipinski definition) is 4. The number of piperidine rings is 1. The first-order valence-corrected chi connectivity index (χ1v) is 8.27. The summed E-state index contributed by atoms with van der Waals surface area (Å²) >= 11 is 1.56. The van der Waals surface area contributed by atoms with Gasteiger partial charge in [-0.25, -0.2) is 0 Å². The van der Waals surface area contributed by atoms with E-state index < -0.39 is 11.8 Å². The van der Waals surface area contributed by atoms with E-state index in [1.165, 1.54) is 4.90 Å². The summed E-state index contributed by atoms with van der Waals surface area (Å²) in [6.45, 7) is 0.759. The Hall–Kier alpha value is -2.02. The number of rotatable bonds is 3. The van der Waals surface area contributed by atoms with E-state index in [0.717, 1.165) is 4.90 Å². The molecule has 1 aromatic carbocycles. The van der Waals surface area contributed by atoms with Gasteiger partial charge in [-0.1, -0.05) is 6.07 Å². The van der Waals surface area contributed by atoms with Crippen LogP contribution in [0, 0.1) is 5.92 Å². The number of nitrogens with zero attached hydrogens (tertiary/aromatic N) is 1. The Kier molecular flexibility index (Phi) is 5.43. The minimum Gasteiger partial charge on any atom is -0.369 e. The van der Waals surface area contributed by atoms with E-state index in [1.54, 1.807) is 17.8 Å². The van der Waals surface area contributed by atoms with Gasteiger partial charge in [-0.05, 0) is 37.3 Å². The van der Waals surface area contributed by atoms with Gasteiger partial charge in [-0.15, -0.1) is 11.8 Å². The van der Waals surface area contributed by atoms with Crippen LogP contribution in [0.15, 0.2) is 29.2 Å². The van der Waals surface area contributed by atoms with E-state index in [1.807, 2.05) is 24.5 Å². The summed E-state index contributed by atoms with van der Waals surface area (Å²) in [5.41, 5.74) is 5.85. The molecular weight excluding hydrogens is 302 g/mol. The Bertz CT molecular complexity index is 583. The van der Waals surface area contributed by atoms with Crippen molar-refractivity contribution in [3.63, 3.8) is 0 Å². The fourth-order valence-electron chi connectivity index (χ4n) is 2.40. The molecular formula is C15H19N3O3S. The lowest BCUT2D eigenvalue weighted by atomic mass is 9.96. The first kappa shape index (κ1) is 16.4. The molecule has 3 N–H and O–H groups in total. The predicted molar refractivity (Wildman–Crippen MR) is 85.4 cm³/mol. The van der Waals surface area contributed by atoms with Gasteiger partial charge in [-0.2, -0.15) is 0 Å². The molecule has 6 nitrogen and oxygen atoms in total. The molecule has 118 valence electrons. The van der Waals surface area contributed by atoms with Crippen LogP contribution in [0.4, 0.5) is 5.69 Å². The van der Waals surface area contributed by atoms with Crippen molar-refractivity contribution in [2.24, 2.45) is 11.7 Å². The van der Waals surface area contributed by atoms with E-state index >= 15 is 0 Å². The summed E-state index contributed by atoms with van der Waals surface area (Å²) in [7, 11) is 0. The second-order valence-corrected chi connectivity index (χ2v) is 6.03. The number of hydrogen-bond donors (Lipinski definition) is 2. The molecule has 0 aliphatic carbocycles. The van der Waals surface area contributed by atoms with Gasteiger partial charge in [0.15, 0.2) is 0 Å². The number of primary amides is 1. The highest BCUT2D eigenvalue weighted by Gasteiger charge is 2.29. The van der Waals surface area contributed by atoms with Crippen molar-refractivity contribution >= 4 is 35.2 Å². The molecule has 0 spiro atoms. The first-order valence-electron chi connectivity index (χ1n) is 7.05. The molecule has 1 fully saturated rings. The molecule has 7 heteroatoms. The number of carbonyl (C=O) groups is 3. The highest BCUT2D eigenvalue weighted by Crippen LogP contribution is 2.20. The molecule has 1 heterocycles. The molecule has 0 aromatic heterocycles. The summed E-state index contributed by atoms with van der Waals surface area (Å²) < 4.78 is 0. The van der Waals surface area contributed by atoms with Gasteiger partial charge in [-0.3, -0.25) is 14.4 Å². The average molecular weight is 321 g/mol. The number of nitrogens with one attached hydrogen (secondary N) is 1. The Morgan fingerprint density at radius 1 is 1.27 bits per heavy atom. The van der Waals surface area contributed by atoms with Crippen LogP contribution in [0.5, 0.6) is 0 Å². The standard InChI is InChI=1S/C15H19N3O3S/c1-22-12-4-2-3-11(9-12)17-14(20)15(21)18-7-5-10(6-8-18)13(16)19/h2-4,9-10H,5-8H2,1H3,(H2,16,19)(H,17,20). The van der Waals surface area contributed by atoms with Crippen molar-refractivity contribution < 1.29 is 14.4 Å². The van der Waals surface area contributed by atoms with Gasteiger partial charge < -0.3 is 16.0 Å². The van der Waals surface area contributed by atoms with Gasteiger partial charge in [0, 0.05) is 29.6 Å². The summed E-state index contributed by atoms with van der Waals surface area (Å²) in [6, 6.07) is 7.31. The molecule has 0 atom stereocenters. The van der Waals surface area contributed by atoms with Crippen molar-refractivity contribution in [1.29, 1.82) is 0 Å². The van der Waals surface area contributed by atoms with Crippen LogP contribution in [0.25, 0.3) is 0 Å². The molecule has 0 saturated carbocycles. The molecule has 1 aromatic rings. The highest BCUT2D eigenvalue weighted by molar-refractivity contribution is 7.98. The lowest BCUT2D eigenvalue weighted by molar-refractivity contribution is -0.144. The van der Waals surface area contributed by atoms with Crippen LogP contribution < -0.4 is 11.1 Å². The SMILES string of the molecule is CSc1cccc(NC(=O)C(=O)N2CCC(C(N)=O)CC2)c1. The maximum absolute atomic E-state index is 12.1. The van der Waals surface area contributed by atoms with Gasteiger partial charge in [0.2, 0.25) is 5.91 Å². The zero-order valence-corrected chi connectivity index (χ0v) is 13.2. The normalized spacial score (nSPS) is 15.4. The molecule has 1 saturated heterocycles. The van der Waals surface area contributed by atoms with E-state index in [-0.39, 0.29) is 11.8 Å².